The maximum atomic E-state index is 13.3. The van der Waals surface area contributed by atoms with Crippen LogP contribution in [0.2, 0.25) is 0 Å². The minimum Gasteiger partial charge on any atom is -0.494 e. The van der Waals surface area contributed by atoms with Gasteiger partial charge >= 0.3 is 5.97 Å². The highest BCUT2D eigenvalue weighted by molar-refractivity contribution is 5.89. The number of nitrogens with one attached hydrogen (secondary N) is 3. The number of hydrogen-bond donors (Lipinski definition) is 5. The molecule has 0 spiro atoms. The highest BCUT2D eigenvalue weighted by atomic mass is 16.5. The maximum Gasteiger partial charge on any atom is 0.303 e. The number of anilines is 1. The molecule has 5 N–H and O–H groups in total. The van der Waals surface area contributed by atoms with Gasteiger partial charge in [-0.3, -0.25) is 19.7 Å². The molecule has 1 aliphatic rings. The molecule has 0 aromatic heterocycles. The van der Waals surface area contributed by atoms with Crippen LogP contribution in [0.15, 0.2) is 24.3 Å². The van der Waals surface area contributed by atoms with E-state index in [1.807, 2.05) is 6.92 Å². The molecule has 10 nitrogen and oxygen atoms in total. The van der Waals surface area contributed by atoms with Crippen LogP contribution >= 0.6 is 0 Å². The summed E-state index contributed by atoms with van der Waals surface area (Å²) in [5, 5.41) is 27.2. The number of rotatable bonds is 13. The predicted molar refractivity (Wildman–Crippen MR) is 119 cm³/mol. The summed E-state index contributed by atoms with van der Waals surface area (Å²) >= 11 is 0. The third-order valence-electron chi connectivity index (χ3n) is 5.04. The molecule has 0 radical (unpaired) electrons. The average molecular weight is 451 g/mol. The second-order valence-corrected chi connectivity index (χ2v) is 7.80. The monoisotopic (exact) mass is 450 g/mol. The number of nitrogens with zero attached hydrogens (tertiary/aromatic N) is 1. The van der Waals surface area contributed by atoms with E-state index in [2.05, 4.69) is 16.0 Å². The van der Waals surface area contributed by atoms with Crippen molar-refractivity contribution in [3.05, 3.63) is 24.3 Å². The van der Waals surface area contributed by atoms with Gasteiger partial charge in [-0.05, 0) is 63.9 Å². The van der Waals surface area contributed by atoms with E-state index in [1.54, 1.807) is 29.2 Å². The first-order valence-corrected chi connectivity index (χ1v) is 11.0. The number of amides is 2. The Labute approximate surface area is 188 Å². The molecule has 0 aliphatic carbocycles. The topological polar surface area (TPSA) is 140 Å². The van der Waals surface area contributed by atoms with Gasteiger partial charge in [0, 0.05) is 18.7 Å². The number of benzene rings is 1. The van der Waals surface area contributed by atoms with Gasteiger partial charge in [-0.15, -0.1) is 0 Å². The van der Waals surface area contributed by atoms with E-state index < -0.39 is 24.1 Å². The van der Waals surface area contributed by atoms with Gasteiger partial charge in [-0.25, -0.2) is 0 Å². The zero-order chi connectivity index (χ0) is 23.5. The number of aliphatic carboxylic acids is 1. The summed E-state index contributed by atoms with van der Waals surface area (Å²) in [4.78, 5) is 37.8. The molecule has 1 heterocycles. The van der Waals surface area contributed by atoms with E-state index in [-0.39, 0.29) is 31.5 Å². The van der Waals surface area contributed by atoms with E-state index in [1.165, 1.54) is 6.92 Å². The quantitative estimate of drug-likeness (QED) is 0.222. The lowest BCUT2D eigenvalue weighted by Crippen LogP contribution is -2.57. The molecule has 1 aromatic carbocycles. The SMILES string of the molecule is CCN(C(=O)C(NC(=O)CC(C)O)Nc1ccc(OCCCC(=O)O)cc1)C1CCCN1. The summed E-state index contributed by atoms with van der Waals surface area (Å²) in [7, 11) is 0. The molecule has 3 atom stereocenters. The fourth-order valence-corrected chi connectivity index (χ4v) is 3.50. The normalized spacial score (nSPS) is 17.3. The molecule has 10 heteroatoms. The Kier molecular flexibility index (Phi) is 10.2. The predicted octanol–water partition coefficient (Wildman–Crippen LogP) is 1.11. The van der Waals surface area contributed by atoms with Crippen LogP contribution in [0.1, 0.15) is 46.0 Å². The summed E-state index contributed by atoms with van der Waals surface area (Å²) in [6.07, 6.45) is 0.280. The van der Waals surface area contributed by atoms with Crippen molar-refractivity contribution in [3.63, 3.8) is 0 Å². The minimum atomic E-state index is -0.995. The Balaban J connectivity index is 2.05. The van der Waals surface area contributed by atoms with Gasteiger partial charge in [0.2, 0.25) is 5.91 Å². The first kappa shape index (κ1) is 25.4. The van der Waals surface area contributed by atoms with E-state index in [9.17, 15) is 19.5 Å². The molecule has 1 fully saturated rings. The number of likely N-dealkylation sites (N-methyl/N-ethyl adjacent to an activating group) is 1. The van der Waals surface area contributed by atoms with E-state index >= 15 is 0 Å². The van der Waals surface area contributed by atoms with Crippen LogP contribution < -0.4 is 20.7 Å². The van der Waals surface area contributed by atoms with Crippen molar-refractivity contribution in [2.24, 2.45) is 0 Å². The zero-order valence-corrected chi connectivity index (χ0v) is 18.7. The fraction of sp³-hybridized carbons (Fsp3) is 0.591. The molecule has 1 aromatic rings. The summed E-state index contributed by atoms with van der Waals surface area (Å²) in [6.45, 7) is 5.03. The molecule has 32 heavy (non-hydrogen) atoms. The van der Waals surface area contributed by atoms with Crippen molar-refractivity contribution < 1.29 is 29.3 Å². The van der Waals surface area contributed by atoms with Crippen LogP contribution in [0.3, 0.4) is 0 Å². The van der Waals surface area contributed by atoms with Crippen molar-refractivity contribution >= 4 is 23.5 Å². The van der Waals surface area contributed by atoms with Crippen molar-refractivity contribution in [2.45, 2.75) is 64.4 Å². The lowest BCUT2D eigenvalue weighted by Gasteiger charge is -2.32. The summed E-state index contributed by atoms with van der Waals surface area (Å²) in [5.74, 6) is -0.984. The van der Waals surface area contributed by atoms with E-state index in [0.717, 1.165) is 19.4 Å². The molecule has 1 saturated heterocycles. The fourth-order valence-electron chi connectivity index (χ4n) is 3.50. The van der Waals surface area contributed by atoms with Crippen LogP contribution in [0.25, 0.3) is 0 Å². The molecule has 1 aliphatic heterocycles. The lowest BCUT2D eigenvalue weighted by atomic mass is 10.2. The Hall–Kier alpha value is -2.85. The molecule has 3 unspecified atom stereocenters. The third kappa shape index (κ3) is 8.35. The first-order valence-electron chi connectivity index (χ1n) is 11.0. The van der Waals surface area contributed by atoms with Gasteiger partial charge in [0.15, 0.2) is 6.17 Å². The van der Waals surface area contributed by atoms with Gasteiger partial charge in [0.25, 0.3) is 5.91 Å². The Bertz CT molecular complexity index is 749. The van der Waals surface area contributed by atoms with E-state index in [0.29, 0.717) is 24.4 Å². The molecule has 178 valence electrons. The first-order chi connectivity index (χ1) is 15.3. The highest BCUT2D eigenvalue weighted by Gasteiger charge is 2.31. The largest absolute Gasteiger partial charge is 0.494 e. The molecule has 2 rings (SSSR count). The van der Waals surface area contributed by atoms with Gasteiger partial charge in [-0.2, -0.15) is 0 Å². The molecule has 2 amide bonds. The van der Waals surface area contributed by atoms with Gasteiger partial charge < -0.3 is 30.5 Å². The number of ether oxygens (including phenoxy) is 1. The number of carboxylic acids is 1. The second-order valence-electron chi connectivity index (χ2n) is 7.80. The molecule has 0 saturated carbocycles. The molecular formula is C22H34N4O6. The van der Waals surface area contributed by atoms with Crippen LogP contribution in [-0.2, 0) is 14.4 Å². The number of carboxylic acid groups (broad SMARTS) is 1. The summed E-state index contributed by atoms with van der Waals surface area (Å²) < 4.78 is 5.52. The summed E-state index contributed by atoms with van der Waals surface area (Å²) in [6, 6.07) is 6.85. The van der Waals surface area contributed by atoms with Crippen LogP contribution in [0, 0.1) is 0 Å². The van der Waals surface area contributed by atoms with Crippen molar-refractivity contribution in [1.29, 1.82) is 0 Å². The van der Waals surface area contributed by atoms with Crippen LogP contribution in [0.4, 0.5) is 5.69 Å². The number of aliphatic hydroxyl groups is 1. The Morgan fingerprint density at radius 1 is 1.28 bits per heavy atom. The molecular weight excluding hydrogens is 416 g/mol. The van der Waals surface area contributed by atoms with Crippen molar-refractivity contribution in [1.82, 2.24) is 15.5 Å². The zero-order valence-electron chi connectivity index (χ0n) is 18.7. The van der Waals surface area contributed by atoms with Crippen molar-refractivity contribution in [3.8, 4) is 5.75 Å². The minimum absolute atomic E-state index is 0.0410. The van der Waals surface area contributed by atoms with Gasteiger partial charge in [0.05, 0.1) is 25.3 Å². The number of carbonyl (C=O) groups is 3. The second kappa shape index (κ2) is 12.9. The van der Waals surface area contributed by atoms with Crippen LogP contribution in [-0.4, -0.2) is 71.0 Å². The lowest BCUT2D eigenvalue weighted by molar-refractivity contribution is -0.138. The Morgan fingerprint density at radius 3 is 2.56 bits per heavy atom. The number of hydrogen-bond acceptors (Lipinski definition) is 7. The van der Waals surface area contributed by atoms with Crippen LogP contribution in [0.5, 0.6) is 5.75 Å². The van der Waals surface area contributed by atoms with Gasteiger partial charge in [0.1, 0.15) is 5.75 Å². The maximum absolute atomic E-state index is 13.3. The van der Waals surface area contributed by atoms with Crippen molar-refractivity contribution in [2.75, 3.05) is 25.0 Å². The number of aliphatic hydroxyl groups excluding tert-OH is 1. The molecule has 0 bridgehead atoms. The Morgan fingerprint density at radius 2 is 2.00 bits per heavy atom. The average Bonchev–Trinajstić information content (AvgIpc) is 3.26. The summed E-state index contributed by atoms with van der Waals surface area (Å²) in [5.41, 5.74) is 0.606. The van der Waals surface area contributed by atoms with Gasteiger partial charge in [-0.1, -0.05) is 0 Å². The highest BCUT2D eigenvalue weighted by Crippen LogP contribution is 2.18. The smallest absolute Gasteiger partial charge is 0.303 e. The number of carbonyl (C=O) groups excluding carboxylic acids is 2. The third-order valence-corrected chi connectivity index (χ3v) is 5.04. The standard InChI is InChI=1S/C22H34N4O6/c1-3-26(18-6-4-12-23-18)22(31)21(25-19(28)14-15(2)27)24-16-8-10-17(11-9-16)32-13-5-7-20(29)30/h8-11,15,18,21,23-24,27H,3-7,12-14H2,1-2H3,(H,25,28)(H,29,30). The van der Waals surface area contributed by atoms with E-state index in [4.69, 9.17) is 9.84 Å².